The number of halogens is 4. The molecule has 1 amide bonds. The van der Waals surface area contributed by atoms with Crippen LogP contribution in [0.25, 0.3) is 0 Å². The number of nitrogens with one attached hydrogen (secondary N) is 1. The van der Waals surface area contributed by atoms with Gasteiger partial charge in [0.1, 0.15) is 17.1 Å². The van der Waals surface area contributed by atoms with Gasteiger partial charge in [-0.05, 0) is 42.0 Å². The number of aromatic nitrogens is 2. The van der Waals surface area contributed by atoms with Crippen molar-refractivity contribution in [2.75, 3.05) is 0 Å². The molecule has 0 unspecified atom stereocenters. The summed E-state index contributed by atoms with van der Waals surface area (Å²) in [4.78, 5) is 12.3. The average Bonchev–Trinajstić information content (AvgIpc) is 3.22. The SMILES string of the molecule is Cn1nc(C(F)F)c(C(=O)NCc2cc(F)ccc2C2CCCC2)c1F. The zero-order valence-corrected chi connectivity index (χ0v) is 14.2. The summed E-state index contributed by atoms with van der Waals surface area (Å²) in [5.41, 5.74) is -0.169. The maximum atomic E-state index is 14.0. The van der Waals surface area contributed by atoms with E-state index in [2.05, 4.69) is 10.4 Å². The minimum atomic E-state index is -3.07. The number of hydrogen-bond donors (Lipinski definition) is 1. The summed E-state index contributed by atoms with van der Waals surface area (Å²) in [6, 6.07) is 4.39. The minimum Gasteiger partial charge on any atom is -0.348 e. The second-order valence-corrected chi connectivity index (χ2v) is 6.48. The summed E-state index contributed by atoms with van der Waals surface area (Å²) in [7, 11) is 1.14. The lowest BCUT2D eigenvalue weighted by Crippen LogP contribution is -2.25. The molecular formula is C18H19F4N3O. The van der Waals surface area contributed by atoms with Crippen LogP contribution in [0.1, 0.15) is 65.2 Å². The topological polar surface area (TPSA) is 46.9 Å². The number of nitrogens with zero attached hydrogens (tertiary/aromatic N) is 2. The molecule has 0 bridgehead atoms. The maximum Gasteiger partial charge on any atom is 0.283 e. The number of alkyl halides is 2. The van der Waals surface area contributed by atoms with Crippen molar-refractivity contribution in [2.45, 2.75) is 44.6 Å². The third-order valence-electron chi connectivity index (χ3n) is 4.78. The van der Waals surface area contributed by atoms with Crippen LogP contribution in [0.3, 0.4) is 0 Å². The minimum absolute atomic E-state index is 0.0700. The lowest BCUT2D eigenvalue weighted by molar-refractivity contribution is 0.0931. The standard InChI is InChI=1S/C18H19F4N3O/c1-25-17(22)14(15(24-25)16(20)21)18(26)23-9-11-8-12(19)6-7-13(11)10-4-2-3-5-10/h6-8,10,16H,2-5,9H2,1H3,(H,23,26). The molecule has 1 N–H and O–H groups in total. The first kappa shape index (κ1) is 18.4. The van der Waals surface area contributed by atoms with Crippen LogP contribution in [0.2, 0.25) is 0 Å². The monoisotopic (exact) mass is 369 g/mol. The Morgan fingerprint density at radius 2 is 2.00 bits per heavy atom. The second kappa shape index (κ2) is 7.47. The number of carbonyl (C=O) groups is 1. The van der Waals surface area contributed by atoms with Gasteiger partial charge in [-0.2, -0.15) is 9.49 Å². The van der Waals surface area contributed by atoms with E-state index in [0.29, 0.717) is 10.2 Å². The van der Waals surface area contributed by atoms with Gasteiger partial charge in [-0.1, -0.05) is 18.9 Å². The molecule has 0 spiro atoms. The van der Waals surface area contributed by atoms with E-state index in [4.69, 9.17) is 0 Å². The van der Waals surface area contributed by atoms with Crippen molar-refractivity contribution in [3.63, 3.8) is 0 Å². The van der Waals surface area contributed by atoms with Gasteiger partial charge >= 0.3 is 0 Å². The molecule has 0 saturated heterocycles. The van der Waals surface area contributed by atoms with Gasteiger partial charge in [0.15, 0.2) is 0 Å². The Hall–Kier alpha value is -2.38. The number of carbonyl (C=O) groups excluding carboxylic acids is 1. The van der Waals surface area contributed by atoms with E-state index in [1.165, 1.54) is 12.1 Å². The number of benzene rings is 1. The normalized spacial score (nSPS) is 15.0. The largest absolute Gasteiger partial charge is 0.348 e. The van der Waals surface area contributed by atoms with Crippen molar-refractivity contribution < 1.29 is 22.4 Å². The Kier molecular flexibility index (Phi) is 5.29. The van der Waals surface area contributed by atoms with Crippen molar-refractivity contribution in [2.24, 2.45) is 7.05 Å². The summed E-state index contributed by atoms with van der Waals surface area (Å²) in [6.45, 7) is -0.0700. The molecule has 1 fully saturated rings. The van der Waals surface area contributed by atoms with Gasteiger partial charge in [0.25, 0.3) is 12.3 Å². The van der Waals surface area contributed by atoms with E-state index in [-0.39, 0.29) is 12.5 Å². The zero-order valence-electron chi connectivity index (χ0n) is 14.2. The molecule has 8 heteroatoms. The molecule has 0 atom stereocenters. The smallest absolute Gasteiger partial charge is 0.283 e. The van der Waals surface area contributed by atoms with Crippen LogP contribution in [0.15, 0.2) is 18.2 Å². The highest BCUT2D eigenvalue weighted by atomic mass is 19.3. The summed E-state index contributed by atoms with van der Waals surface area (Å²) >= 11 is 0. The van der Waals surface area contributed by atoms with Crippen molar-refractivity contribution in [3.05, 3.63) is 52.3 Å². The van der Waals surface area contributed by atoms with Crippen LogP contribution in [0, 0.1) is 11.8 Å². The van der Waals surface area contributed by atoms with E-state index in [1.54, 1.807) is 6.07 Å². The first-order valence-electron chi connectivity index (χ1n) is 8.45. The molecule has 1 aromatic carbocycles. The summed E-state index contributed by atoms with van der Waals surface area (Å²) in [5, 5.41) is 5.77. The lowest BCUT2D eigenvalue weighted by atomic mass is 9.92. The van der Waals surface area contributed by atoms with Gasteiger partial charge in [-0.15, -0.1) is 0 Å². The molecule has 1 heterocycles. The predicted octanol–water partition coefficient (Wildman–Crippen LogP) is 4.22. The molecule has 1 aliphatic rings. The summed E-state index contributed by atoms with van der Waals surface area (Å²) in [5.74, 6) is -2.29. The van der Waals surface area contributed by atoms with Crippen LogP contribution in [0.4, 0.5) is 17.6 Å². The number of rotatable bonds is 5. The fourth-order valence-electron chi connectivity index (χ4n) is 3.51. The number of hydrogen-bond acceptors (Lipinski definition) is 2. The van der Waals surface area contributed by atoms with E-state index >= 15 is 0 Å². The van der Waals surface area contributed by atoms with Gasteiger partial charge in [0.05, 0.1) is 0 Å². The van der Waals surface area contributed by atoms with Crippen LogP contribution < -0.4 is 5.32 Å². The third kappa shape index (κ3) is 3.59. The molecule has 4 nitrogen and oxygen atoms in total. The Bertz CT molecular complexity index is 813. The van der Waals surface area contributed by atoms with Crippen molar-refractivity contribution in [3.8, 4) is 0 Å². The molecule has 140 valence electrons. The molecule has 3 rings (SSSR count). The highest BCUT2D eigenvalue weighted by Crippen LogP contribution is 2.36. The Morgan fingerprint density at radius 3 is 2.65 bits per heavy atom. The quantitative estimate of drug-likeness (QED) is 0.802. The van der Waals surface area contributed by atoms with E-state index in [0.717, 1.165) is 38.3 Å². The van der Waals surface area contributed by atoms with Gasteiger partial charge < -0.3 is 5.32 Å². The van der Waals surface area contributed by atoms with Crippen molar-refractivity contribution in [1.29, 1.82) is 0 Å². The molecule has 0 aliphatic heterocycles. The van der Waals surface area contributed by atoms with E-state index in [1.807, 2.05) is 0 Å². The average molecular weight is 369 g/mol. The first-order chi connectivity index (χ1) is 12.4. The van der Waals surface area contributed by atoms with E-state index in [9.17, 15) is 22.4 Å². The molecular weight excluding hydrogens is 350 g/mol. The Morgan fingerprint density at radius 1 is 1.31 bits per heavy atom. The predicted molar refractivity (Wildman–Crippen MR) is 86.9 cm³/mol. The Labute approximate surface area is 148 Å². The van der Waals surface area contributed by atoms with Gasteiger partial charge in [-0.25, -0.2) is 17.9 Å². The fraction of sp³-hybridized carbons (Fsp3) is 0.444. The van der Waals surface area contributed by atoms with Gasteiger partial charge in [0.2, 0.25) is 5.95 Å². The maximum absolute atomic E-state index is 14.0. The van der Waals surface area contributed by atoms with Crippen molar-refractivity contribution >= 4 is 5.91 Å². The number of aryl methyl sites for hydroxylation is 1. The van der Waals surface area contributed by atoms with Crippen LogP contribution in [-0.4, -0.2) is 15.7 Å². The van der Waals surface area contributed by atoms with E-state index < -0.39 is 35.4 Å². The molecule has 2 aromatic rings. The third-order valence-corrected chi connectivity index (χ3v) is 4.78. The van der Waals surface area contributed by atoms with Crippen LogP contribution >= 0.6 is 0 Å². The molecule has 1 aromatic heterocycles. The molecule has 1 saturated carbocycles. The number of amides is 1. The molecule has 1 aliphatic carbocycles. The van der Waals surface area contributed by atoms with Gasteiger partial charge in [0, 0.05) is 13.6 Å². The molecule has 26 heavy (non-hydrogen) atoms. The fourth-order valence-corrected chi connectivity index (χ4v) is 3.51. The summed E-state index contributed by atoms with van der Waals surface area (Å²) in [6.07, 6.45) is 1.08. The highest BCUT2D eigenvalue weighted by Gasteiger charge is 2.28. The zero-order chi connectivity index (χ0) is 18.8. The second-order valence-electron chi connectivity index (χ2n) is 6.48. The van der Waals surface area contributed by atoms with Crippen LogP contribution in [0.5, 0.6) is 0 Å². The molecule has 0 radical (unpaired) electrons. The van der Waals surface area contributed by atoms with Gasteiger partial charge in [-0.3, -0.25) is 4.79 Å². The highest BCUT2D eigenvalue weighted by molar-refractivity contribution is 5.95. The first-order valence-corrected chi connectivity index (χ1v) is 8.45. The summed E-state index contributed by atoms with van der Waals surface area (Å²) < 4.78 is 54.2. The van der Waals surface area contributed by atoms with Crippen LogP contribution in [-0.2, 0) is 13.6 Å². The lowest BCUT2D eigenvalue weighted by Gasteiger charge is -2.16. The van der Waals surface area contributed by atoms with Crippen molar-refractivity contribution in [1.82, 2.24) is 15.1 Å². The Balaban J connectivity index is 1.81.